The summed E-state index contributed by atoms with van der Waals surface area (Å²) < 4.78 is 13.2. The van der Waals surface area contributed by atoms with Gasteiger partial charge in [0.1, 0.15) is 11.9 Å². The Balaban J connectivity index is 2.80. The van der Waals surface area contributed by atoms with Gasteiger partial charge in [-0.3, -0.25) is 4.79 Å². The number of hydrogen-bond donors (Lipinski definition) is 2. The Labute approximate surface area is 92.1 Å². The van der Waals surface area contributed by atoms with Crippen molar-refractivity contribution in [2.24, 2.45) is 0 Å². The molecule has 1 rings (SSSR count). The molecular formula is C11H12FNO3. The molecule has 0 saturated carbocycles. The Morgan fingerprint density at radius 2 is 2.06 bits per heavy atom. The van der Waals surface area contributed by atoms with E-state index in [2.05, 4.69) is 5.32 Å². The maximum Gasteiger partial charge on any atom is 0.326 e. The van der Waals surface area contributed by atoms with E-state index in [1.165, 1.54) is 25.1 Å². The van der Waals surface area contributed by atoms with Crippen LogP contribution in [0.3, 0.4) is 0 Å². The quantitative estimate of drug-likeness (QED) is 0.802. The van der Waals surface area contributed by atoms with E-state index in [-0.39, 0.29) is 12.0 Å². The van der Waals surface area contributed by atoms with Gasteiger partial charge in [-0.15, -0.1) is 0 Å². The highest BCUT2D eigenvalue weighted by Crippen LogP contribution is 2.09. The molecule has 0 heterocycles. The van der Waals surface area contributed by atoms with Crippen LogP contribution in [0.25, 0.3) is 0 Å². The van der Waals surface area contributed by atoms with E-state index in [1.807, 2.05) is 0 Å². The van der Waals surface area contributed by atoms with Gasteiger partial charge >= 0.3 is 5.97 Å². The van der Waals surface area contributed by atoms with Crippen LogP contribution < -0.4 is 5.32 Å². The smallest absolute Gasteiger partial charge is 0.326 e. The van der Waals surface area contributed by atoms with Gasteiger partial charge in [0.15, 0.2) is 0 Å². The van der Waals surface area contributed by atoms with E-state index in [0.29, 0.717) is 0 Å². The van der Waals surface area contributed by atoms with Crippen LogP contribution in [-0.4, -0.2) is 23.0 Å². The zero-order valence-corrected chi connectivity index (χ0v) is 8.74. The van der Waals surface area contributed by atoms with Crippen LogP contribution in [-0.2, 0) is 16.0 Å². The molecule has 16 heavy (non-hydrogen) atoms. The van der Waals surface area contributed by atoms with Crippen LogP contribution in [0.2, 0.25) is 0 Å². The number of aliphatic carboxylic acids is 1. The molecule has 0 aliphatic carbocycles. The van der Waals surface area contributed by atoms with Crippen molar-refractivity contribution in [1.82, 2.24) is 5.32 Å². The number of nitrogens with one attached hydrogen (secondary N) is 1. The predicted octanol–water partition coefficient (Wildman–Crippen LogP) is 0.957. The minimum absolute atomic E-state index is 0.0679. The van der Waals surface area contributed by atoms with Crippen LogP contribution in [0.1, 0.15) is 12.5 Å². The third kappa shape index (κ3) is 3.34. The first-order valence-electron chi connectivity index (χ1n) is 4.74. The summed E-state index contributed by atoms with van der Waals surface area (Å²) in [4.78, 5) is 21.6. The second kappa shape index (κ2) is 5.25. The molecule has 4 nitrogen and oxygen atoms in total. The summed E-state index contributed by atoms with van der Waals surface area (Å²) >= 11 is 0. The second-order valence-electron chi connectivity index (χ2n) is 3.39. The van der Waals surface area contributed by atoms with E-state index in [9.17, 15) is 14.0 Å². The molecule has 0 radical (unpaired) electrons. The highest BCUT2D eigenvalue weighted by molar-refractivity contribution is 5.82. The van der Waals surface area contributed by atoms with Crippen molar-refractivity contribution < 1.29 is 19.1 Å². The number of rotatable bonds is 4. The first-order chi connectivity index (χ1) is 7.50. The Morgan fingerprint density at radius 3 is 2.56 bits per heavy atom. The van der Waals surface area contributed by atoms with Gasteiger partial charge in [0, 0.05) is 13.3 Å². The number of carboxylic acids is 1. The SMILES string of the molecule is CC(=O)N[C@@H](Cc1ccccc1F)C(=O)O. The van der Waals surface area contributed by atoms with Crippen LogP contribution in [0, 0.1) is 5.82 Å². The first kappa shape index (κ1) is 12.2. The van der Waals surface area contributed by atoms with Crippen molar-refractivity contribution in [3.63, 3.8) is 0 Å². The summed E-state index contributed by atoms with van der Waals surface area (Å²) in [6, 6.07) is 4.78. The summed E-state index contributed by atoms with van der Waals surface area (Å²) in [5.74, 6) is -2.11. The van der Waals surface area contributed by atoms with Crippen molar-refractivity contribution >= 4 is 11.9 Å². The number of hydrogen-bond acceptors (Lipinski definition) is 2. The van der Waals surface area contributed by atoms with Crippen LogP contribution >= 0.6 is 0 Å². The molecular weight excluding hydrogens is 213 g/mol. The molecule has 0 bridgehead atoms. The molecule has 0 saturated heterocycles. The van der Waals surface area contributed by atoms with Gasteiger partial charge in [-0.1, -0.05) is 18.2 Å². The molecule has 1 amide bonds. The van der Waals surface area contributed by atoms with Crippen LogP contribution in [0.5, 0.6) is 0 Å². The number of benzene rings is 1. The molecule has 2 N–H and O–H groups in total. The van der Waals surface area contributed by atoms with Crippen molar-refractivity contribution in [3.05, 3.63) is 35.6 Å². The fourth-order valence-corrected chi connectivity index (χ4v) is 1.33. The minimum Gasteiger partial charge on any atom is -0.480 e. The zero-order valence-electron chi connectivity index (χ0n) is 8.74. The zero-order chi connectivity index (χ0) is 12.1. The minimum atomic E-state index is -1.18. The standard InChI is InChI=1S/C11H12FNO3/c1-7(14)13-10(11(15)16)6-8-4-2-3-5-9(8)12/h2-5,10H,6H2,1H3,(H,13,14)(H,15,16)/t10-/m0/s1. The summed E-state index contributed by atoms with van der Waals surface area (Å²) in [5.41, 5.74) is 0.267. The van der Waals surface area contributed by atoms with Gasteiger partial charge in [0.05, 0.1) is 0 Å². The highest BCUT2D eigenvalue weighted by atomic mass is 19.1. The predicted molar refractivity (Wildman–Crippen MR) is 55.3 cm³/mol. The largest absolute Gasteiger partial charge is 0.480 e. The fourth-order valence-electron chi connectivity index (χ4n) is 1.33. The fraction of sp³-hybridized carbons (Fsp3) is 0.273. The van der Waals surface area contributed by atoms with Gasteiger partial charge in [-0.05, 0) is 11.6 Å². The maximum absolute atomic E-state index is 13.2. The summed E-state index contributed by atoms with van der Waals surface area (Å²) in [6.07, 6.45) is -0.0679. The molecule has 0 fully saturated rings. The molecule has 1 aromatic carbocycles. The van der Waals surface area contributed by atoms with Gasteiger partial charge in [0.25, 0.3) is 0 Å². The Hall–Kier alpha value is -1.91. The van der Waals surface area contributed by atoms with Crippen molar-refractivity contribution in [1.29, 1.82) is 0 Å². The van der Waals surface area contributed by atoms with Crippen LogP contribution in [0.4, 0.5) is 4.39 Å². The lowest BCUT2D eigenvalue weighted by atomic mass is 10.1. The molecule has 0 spiro atoms. The van der Waals surface area contributed by atoms with E-state index in [1.54, 1.807) is 6.07 Å². The van der Waals surface area contributed by atoms with Gasteiger partial charge in [0.2, 0.25) is 5.91 Å². The van der Waals surface area contributed by atoms with Crippen molar-refractivity contribution in [3.8, 4) is 0 Å². The normalized spacial score (nSPS) is 11.9. The number of carbonyl (C=O) groups excluding carboxylic acids is 1. The second-order valence-corrected chi connectivity index (χ2v) is 3.39. The third-order valence-corrected chi connectivity index (χ3v) is 2.06. The van der Waals surface area contributed by atoms with Crippen LogP contribution in [0.15, 0.2) is 24.3 Å². The monoisotopic (exact) mass is 225 g/mol. The summed E-state index contributed by atoms with van der Waals surface area (Å²) in [6.45, 7) is 1.22. The molecule has 5 heteroatoms. The third-order valence-electron chi connectivity index (χ3n) is 2.06. The van der Waals surface area contributed by atoms with Crippen molar-refractivity contribution in [2.75, 3.05) is 0 Å². The van der Waals surface area contributed by atoms with E-state index in [0.717, 1.165) is 0 Å². The molecule has 86 valence electrons. The highest BCUT2D eigenvalue weighted by Gasteiger charge is 2.19. The average Bonchev–Trinajstić information content (AvgIpc) is 2.19. The van der Waals surface area contributed by atoms with E-state index in [4.69, 9.17) is 5.11 Å². The number of carboxylic acid groups (broad SMARTS) is 1. The number of amides is 1. The lowest BCUT2D eigenvalue weighted by molar-refractivity contribution is -0.141. The first-order valence-corrected chi connectivity index (χ1v) is 4.74. The molecule has 0 unspecified atom stereocenters. The number of halogens is 1. The lowest BCUT2D eigenvalue weighted by Crippen LogP contribution is -2.41. The number of carbonyl (C=O) groups is 2. The van der Waals surface area contributed by atoms with E-state index >= 15 is 0 Å². The summed E-state index contributed by atoms with van der Waals surface area (Å²) in [7, 11) is 0. The Kier molecular flexibility index (Phi) is 3.99. The Morgan fingerprint density at radius 1 is 1.44 bits per heavy atom. The van der Waals surface area contributed by atoms with Crippen molar-refractivity contribution in [2.45, 2.75) is 19.4 Å². The molecule has 0 aliphatic rings. The molecule has 0 aliphatic heterocycles. The topological polar surface area (TPSA) is 66.4 Å². The van der Waals surface area contributed by atoms with E-state index < -0.39 is 23.7 Å². The summed E-state index contributed by atoms with van der Waals surface area (Å²) in [5, 5.41) is 11.1. The van der Waals surface area contributed by atoms with Gasteiger partial charge in [-0.25, -0.2) is 9.18 Å². The molecule has 1 atom stereocenters. The van der Waals surface area contributed by atoms with Gasteiger partial charge in [-0.2, -0.15) is 0 Å². The lowest BCUT2D eigenvalue weighted by Gasteiger charge is -2.13. The molecule has 1 aromatic rings. The average molecular weight is 225 g/mol. The van der Waals surface area contributed by atoms with Gasteiger partial charge < -0.3 is 10.4 Å². The molecule has 0 aromatic heterocycles. The Bertz CT molecular complexity index is 406. The maximum atomic E-state index is 13.2.